The molecule has 1 aliphatic rings. The first kappa shape index (κ1) is 19.4. The third-order valence-corrected chi connectivity index (χ3v) is 5.44. The number of amides is 1. The summed E-state index contributed by atoms with van der Waals surface area (Å²) >= 11 is 0. The van der Waals surface area contributed by atoms with Crippen molar-refractivity contribution in [3.63, 3.8) is 0 Å². The van der Waals surface area contributed by atoms with E-state index in [0.29, 0.717) is 6.61 Å². The highest BCUT2D eigenvalue weighted by Gasteiger charge is 2.33. The van der Waals surface area contributed by atoms with Crippen molar-refractivity contribution in [2.45, 2.75) is 57.8 Å². The quantitative estimate of drug-likeness (QED) is 0.816. The van der Waals surface area contributed by atoms with Crippen molar-refractivity contribution in [2.75, 3.05) is 7.11 Å². The first-order chi connectivity index (χ1) is 12.9. The topological polar surface area (TPSA) is 47.6 Å². The Morgan fingerprint density at radius 1 is 1.22 bits per heavy atom. The highest BCUT2D eigenvalue weighted by molar-refractivity contribution is 5.81. The molecule has 0 fully saturated rings. The van der Waals surface area contributed by atoms with Crippen LogP contribution in [0.25, 0.3) is 0 Å². The molecule has 0 spiro atoms. The zero-order valence-corrected chi connectivity index (χ0v) is 16.6. The van der Waals surface area contributed by atoms with Crippen molar-refractivity contribution in [3.05, 3.63) is 65.2 Å². The zero-order chi connectivity index (χ0) is 19.4. The van der Waals surface area contributed by atoms with E-state index >= 15 is 0 Å². The number of rotatable bonds is 6. The van der Waals surface area contributed by atoms with Crippen LogP contribution in [0.4, 0.5) is 0 Å². The van der Waals surface area contributed by atoms with Crippen molar-refractivity contribution in [1.82, 2.24) is 5.32 Å². The van der Waals surface area contributed by atoms with E-state index in [1.165, 1.54) is 11.1 Å². The van der Waals surface area contributed by atoms with E-state index in [-0.39, 0.29) is 17.4 Å². The molecule has 0 bridgehead atoms. The zero-order valence-electron chi connectivity index (χ0n) is 16.6. The molecule has 0 saturated carbocycles. The lowest BCUT2D eigenvalue weighted by Gasteiger charge is -2.37. The molecule has 0 saturated heterocycles. The fraction of sp³-hybridized carbons (Fsp3) is 0.435. The second-order valence-corrected chi connectivity index (χ2v) is 7.88. The molecule has 0 radical (unpaired) electrons. The molecule has 0 aromatic heterocycles. The summed E-state index contributed by atoms with van der Waals surface area (Å²) in [4.78, 5) is 12.7. The third kappa shape index (κ3) is 4.51. The number of hydrogen-bond acceptors (Lipinski definition) is 3. The van der Waals surface area contributed by atoms with Gasteiger partial charge in [0.2, 0.25) is 5.91 Å². The van der Waals surface area contributed by atoms with Gasteiger partial charge in [0.05, 0.1) is 19.8 Å². The molecule has 0 aliphatic heterocycles. The standard InChI is InChI=1S/C23H29NO3/c1-16(27-15-17-8-7-9-18(14-17)26-4)22(25)24-21-12-13-23(2,3)20-11-6-5-10-19(20)21/h5-11,14,16,21H,12-13,15H2,1-4H3,(H,24,25). The number of benzene rings is 2. The van der Waals surface area contributed by atoms with Crippen molar-refractivity contribution in [2.24, 2.45) is 0 Å². The van der Waals surface area contributed by atoms with Gasteiger partial charge in [-0.3, -0.25) is 4.79 Å². The summed E-state index contributed by atoms with van der Waals surface area (Å²) in [5, 5.41) is 3.18. The highest BCUT2D eigenvalue weighted by atomic mass is 16.5. The van der Waals surface area contributed by atoms with E-state index in [4.69, 9.17) is 9.47 Å². The number of ether oxygens (including phenoxy) is 2. The number of fused-ring (bicyclic) bond motifs is 1. The van der Waals surface area contributed by atoms with Gasteiger partial charge < -0.3 is 14.8 Å². The van der Waals surface area contributed by atoms with Crippen molar-refractivity contribution in [3.8, 4) is 5.75 Å². The lowest BCUT2D eigenvalue weighted by atomic mass is 9.71. The van der Waals surface area contributed by atoms with Crippen LogP contribution in [0.5, 0.6) is 5.75 Å². The molecule has 0 heterocycles. The van der Waals surface area contributed by atoms with Crippen molar-refractivity contribution in [1.29, 1.82) is 0 Å². The number of carbonyl (C=O) groups is 1. The molecule has 27 heavy (non-hydrogen) atoms. The Hall–Kier alpha value is -2.33. The molecule has 1 N–H and O–H groups in total. The van der Waals surface area contributed by atoms with Gasteiger partial charge in [-0.05, 0) is 54.0 Å². The minimum atomic E-state index is -0.515. The van der Waals surface area contributed by atoms with Crippen LogP contribution >= 0.6 is 0 Å². The molecule has 2 aromatic rings. The maximum Gasteiger partial charge on any atom is 0.249 e. The van der Waals surface area contributed by atoms with Gasteiger partial charge in [-0.1, -0.05) is 50.2 Å². The van der Waals surface area contributed by atoms with Gasteiger partial charge in [0.1, 0.15) is 11.9 Å². The minimum Gasteiger partial charge on any atom is -0.497 e. The summed E-state index contributed by atoms with van der Waals surface area (Å²) in [6.07, 6.45) is 1.48. The smallest absolute Gasteiger partial charge is 0.249 e. The van der Waals surface area contributed by atoms with Gasteiger partial charge in [-0.15, -0.1) is 0 Å². The molecule has 2 unspecified atom stereocenters. The van der Waals surface area contributed by atoms with Crippen LogP contribution in [0.3, 0.4) is 0 Å². The van der Waals surface area contributed by atoms with Crippen molar-refractivity contribution >= 4 is 5.91 Å². The van der Waals surface area contributed by atoms with Gasteiger partial charge in [0, 0.05) is 0 Å². The van der Waals surface area contributed by atoms with Gasteiger partial charge in [0.25, 0.3) is 0 Å². The minimum absolute atomic E-state index is 0.0459. The summed E-state index contributed by atoms with van der Waals surface area (Å²) in [6.45, 7) is 6.71. The van der Waals surface area contributed by atoms with Gasteiger partial charge in [-0.25, -0.2) is 0 Å². The van der Waals surface area contributed by atoms with Gasteiger partial charge >= 0.3 is 0 Å². The van der Waals surface area contributed by atoms with E-state index in [1.54, 1.807) is 14.0 Å². The molecule has 4 nitrogen and oxygen atoms in total. The van der Waals surface area contributed by atoms with Crippen LogP contribution in [0.1, 0.15) is 56.3 Å². The second-order valence-electron chi connectivity index (χ2n) is 7.88. The van der Waals surface area contributed by atoms with Gasteiger partial charge in [0.15, 0.2) is 0 Å². The van der Waals surface area contributed by atoms with Crippen LogP contribution in [-0.2, 0) is 21.6 Å². The van der Waals surface area contributed by atoms with Crippen LogP contribution in [-0.4, -0.2) is 19.1 Å². The molecule has 1 aliphatic carbocycles. The first-order valence-electron chi connectivity index (χ1n) is 9.55. The van der Waals surface area contributed by atoms with E-state index < -0.39 is 6.10 Å². The molecule has 3 rings (SSSR count). The maximum absolute atomic E-state index is 12.7. The molecular formula is C23H29NO3. The Kier molecular flexibility index (Phi) is 5.85. The van der Waals surface area contributed by atoms with Crippen LogP contribution < -0.4 is 10.1 Å². The predicted molar refractivity (Wildman–Crippen MR) is 107 cm³/mol. The molecular weight excluding hydrogens is 338 g/mol. The van der Waals surface area contributed by atoms with E-state index in [9.17, 15) is 4.79 Å². The number of hydrogen-bond donors (Lipinski definition) is 1. The SMILES string of the molecule is COc1cccc(COC(C)C(=O)NC2CCC(C)(C)c3ccccc32)c1. The van der Waals surface area contributed by atoms with E-state index in [0.717, 1.165) is 24.2 Å². The lowest BCUT2D eigenvalue weighted by Crippen LogP contribution is -2.40. The Morgan fingerprint density at radius 3 is 2.78 bits per heavy atom. The van der Waals surface area contributed by atoms with Crippen molar-refractivity contribution < 1.29 is 14.3 Å². The van der Waals surface area contributed by atoms with Crippen LogP contribution in [0.2, 0.25) is 0 Å². The third-order valence-electron chi connectivity index (χ3n) is 5.44. The van der Waals surface area contributed by atoms with E-state index in [2.05, 4.69) is 37.4 Å². The monoisotopic (exact) mass is 367 g/mol. The summed E-state index contributed by atoms with van der Waals surface area (Å²) in [7, 11) is 1.64. The number of carbonyl (C=O) groups excluding carboxylic acids is 1. The second kappa shape index (κ2) is 8.13. The summed E-state index contributed by atoms with van der Waals surface area (Å²) < 4.78 is 11.0. The summed E-state index contributed by atoms with van der Waals surface area (Å²) in [5.74, 6) is 0.715. The van der Waals surface area contributed by atoms with Crippen LogP contribution in [0, 0.1) is 0 Å². The Morgan fingerprint density at radius 2 is 2.00 bits per heavy atom. The fourth-order valence-corrected chi connectivity index (χ4v) is 3.71. The Bertz CT molecular complexity index is 800. The molecule has 4 heteroatoms. The largest absolute Gasteiger partial charge is 0.497 e. The Balaban J connectivity index is 1.61. The lowest BCUT2D eigenvalue weighted by molar-refractivity contribution is -0.133. The highest BCUT2D eigenvalue weighted by Crippen LogP contribution is 2.41. The Labute approximate surface area is 161 Å². The van der Waals surface area contributed by atoms with E-state index in [1.807, 2.05) is 30.3 Å². The number of methoxy groups -OCH3 is 1. The predicted octanol–water partition coefficient (Wildman–Crippen LogP) is 4.53. The fourth-order valence-electron chi connectivity index (χ4n) is 3.71. The normalized spacial score (nSPS) is 19.0. The van der Waals surface area contributed by atoms with Crippen LogP contribution in [0.15, 0.2) is 48.5 Å². The average molecular weight is 367 g/mol. The average Bonchev–Trinajstić information content (AvgIpc) is 2.68. The molecule has 2 aromatic carbocycles. The number of nitrogens with one attached hydrogen (secondary N) is 1. The first-order valence-corrected chi connectivity index (χ1v) is 9.55. The maximum atomic E-state index is 12.7. The molecule has 1 amide bonds. The summed E-state index contributed by atoms with van der Waals surface area (Å²) in [5.41, 5.74) is 3.68. The summed E-state index contributed by atoms with van der Waals surface area (Å²) in [6, 6.07) is 16.2. The molecule has 144 valence electrons. The van der Waals surface area contributed by atoms with Gasteiger partial charge in [-0.2, -0.15) is 0 Å². The molecule has 2 atom stereocenters.